The minimum atomic E-state index is -0.388. The molecule has 8 heteroatoms. The highest BCUT2D eigenvalue weighted by Gasteiger charge is 2.53. The molecule has 146 valence electrons. The van der Waals surface area contributed by atoms with E-state index in [1.807, 2.05) is 4.90 Å². The summed E-state index contributed by atoms with van der Waals surface area (Å²) in [7, 11) is 0. The van der Waals surface area contributed by atoms with Gasteiger partial charge in [-0.25, -0.2) is 9.18 Å². The zero-order valence-corrected chi connectivity index (χ0v) is 15.6. The largest absolute Gasteiger partial charge is 0.492 e. The molecule has 6 nitrogen and oxygen atoms in total. The van der Waals surface area contributed by atoms with Crippen LogP contribution >= 0.6 is 11.6 Å². The molecule has 0 atom stereocenters. The number of carbonyl (C=O) groups is 2. The summed E-state index contributed by atoms with van der Waals surface area (Å²) in [5.41, 5.74) is -0.321. The van der Waals surface area contributed by atoms with Gasteiger partial charge in [-0.3, -0.25) is 4.79 Å². The molecule has 0 unspecified atom stereocenters. The lowest BCUT2D eigenvalue weighted by atomic mass is 9.68. The molecule has 0 radical (unpaired) electrons. The second kappa shape index (κ2) is 7.19. The van der Waals surface area contributed by atoms with Crippen LogP contribution in [0.5, 0.6) is 5.75 Å². The maximum atomic E-state index is 13.1. The molecular weight excluding hydrogens is 375 g/mol. The third-order valence-electron chi connectivity index (χ3n) is 5.76. The highest BCUT2D eigenvalue weighted by molar-refractivity contribution is 6.32. The molecule has 3 aliphatic rings. The summed E-state index contributed by atoms with van der Waals surface area (Å²) in [6.45, 7) is 2.27. The number of ether oxygens (including phenoxy) is 2. The van der Waals surface area contributed by atoms with Gasteiger partial charge in [-0.15, -0.1) is 0 Å². The molecule has 2 saturated heterocycles. The number of cyclic esters (lactones) is 1. The lowest BCUT2D eigenvalue weighted by Crippen LogP contribution is -2.58. The number of likely N-dealkylation sites (tertiary alicyclic amines) is 1. The van der Waals surface area contributed by atoms with Gasteiger partial charge >= 0.3 is 6.09 Å². The first kappa shape index (κ1) is 18.3. The van der Waals surface area contributed by atoms with Gasteiger partial charge in [0.25, 0.3) is 0 Å². The van der Waals surface area contributed by atoms with Crippen LogP contribution in [0.3, 0.4) is 0 Å². The predicted octanol–water partition coefficient (Wildman–Crippen LogP) is 2.99. The molecule has 2 heterocycles. The topological polar surface area (TPSA) is 67.9 Å². The maximum Gasteiger partial charge on any atom is 0.407 e. The number of nitrogens with zero attached hydrogens (tertiary/aromatic N) is 1. The van der Waals surface area contributed by atoms with Crippen LogP contribution in [0.2, 0.25) is 5.02 Å². The zero-order chi connectivity index (χ0) is 19.0. The summed E-state index contributed by atoms with van der Waals surface area (Å²) in [6, 6.07) is 4.10. The van der Waals surface area contributed by atoms with E-state index in [9.17, 15) is 14.0 Å². The molecule has 1 saturated carbocycles. The van der Waals surface area contributed by atoms with E-state index < -0.39 is 0 Å². The third-order valence-corrected chi connectivity index (χ3v) is 6.06. The van der Waals surface area contributed by atoms with Gasteiger partial charge in [-0.1, -0.05) is 11.6 Å². The molecule has 1 N–H and O–H groups in total. The van der Waals surface area contributed by atoms with E-state index in [0.29, 0.717) is 50.8 Å². The van der Waals surface area contributed by atoms with Crippen LogP contribution in [0.1, 0.15) is 25.7 Å². The smallest absolute Gasteiger partial charge is 0.407 e. The number of nitrogens with one attached hydrogen (secondary N) is 1. The van der Waals surface area contributed by atoms with E-state index in [4.69, 9.17) is 21.1 Å². The molecule has 2 aliphatic heterocycles. The summed E-state index contributed by atoms with van der Waals surface area (Å²) in [6.07, 6.45) is 2.65. The third kappa shape index (κ3) is 3.83. The van der Waals surface area contributed by atoms with Crippen molar-refractivity contribution < 1.29 is 23.5 Å². The van der Waals surface area contributed by atoms with Gasteiger partial charge in [-0.2, -0.15) is 0 Å². The first-order valence-electron chi connectivity index (χ1n) is 9.26. The van der Waals surface area contributed by atoms with E-state index in [-0.39, 0.29) is 34.3 Å². The number of hydrogen-bond donors (Lipinski definition) is 1. The van der Waals surface area contributed by atoms with Gasteiger partial charge in [0.05, 0.1) is 17.2 Å². The van der Waals surface area contributed by atoms with Crippen LogP contribution in [0, 0.1) is 17.7 Å². The van der Waals surface area contributed by atoms with Crippen molar-refractivity contribution in [1.82, 2.24) is 10.2 Å². The van der Waals surface area contributed by atoms with Crippen molar-refractivity contribution in [1.29, 1.82) is 0 Å². The zero-order valence-electron chi connectivity index (χ0n) is 14.9. The Morgan fingerprint density at radius 1 is 1.37 bits per heavy atom. The van der Waals surface area contributed by atoms with Crippen molar-refractivity contribution in [2.24, 2.45) is 11.8 Å². The Morgan fingerprint density at radius 2 is 2.11 bits per heavy atom. The predicted molar refractivity (Wildman–Crippen MR) is 96.1 cm³/mol. The second-order valence-corrected chi connectivity index (χ2v) is 8.15. The normalized spacial score (nSPS) is 27.9. The van der Waals surface area contributed by atoms with Gasteiger partial charge < -0.3 is 19.7 Å². The average Bonchev–Trinajstić information content (AvgIpc) is 3.02. The lowest BCUT2D eigenvalue weighted by Gasteiger charge is -2.44. The standard InChI is InChI=1S/C19H22ClFN2O4/c20-15-7-14(21)1-2-16(15)26-10-12-3-5-23(6-4-12)17(24)13-8-19(9-13)11-27-18(25)22-19/h1-2,7,12-13H,3-6,8-11H2,(H,22,25)/t13-,19-. The van der Waals surface area contributed by atoms with Crippen molar-refractivity contribution >= 4 is 23.6 Å². The van der Waals surface area contributed by atoms with Crippen LogP contribution in [-0.4, -0.2) is 48.7 Å². The molecule has 3 fully saturated rings. The molecule has 1 aliphatic carbocycles. The Labute approximate surface area is 161 Å². The van der Waals surface area contributed by atoms with Gasteiger partial charge in [0, 0.05) is 19.0 Å². The molecule has 0 aromatic heterocycles. The number of hydrogen-bond acceptors (Lipinski definition) is 4. The van der Waals surface area contributed by atoms with Crippen LogP contribution in [0.25, 0.3) is 0 Å². The summed E-state index contributed by atoms with van der Waals surface area (Å²) in [5, 5.41) is 3.09. The van der Waals surface area contributed by atoms with E-state index in [2.05, 4.69) is 5.32 Å². The molecule has 1 spiro atoms. The van der Waals surface area contributed by atoms with Gasteiger partial charge in [-0.05, 0) is 49.8 Å². The highest BCUT2D eigenvalue weighted by atomic mass is 35.5. The van der Waals surface area contributed by atoms with Gasteiger partial charge in [0.2, 0.25) is 5.91 Å². The fraction of sp³-hybridized carbons (Fsp3) is 0.579. The van der Waals surface area contributed by atoms with Gasteiger partial charge in [0.15, 0.2) is 0 Å². The van der Waals surface area contributed by atoms with E-state index in [0.717, 1.165) is 12.8 Å². The highest BCUT2D eigenvalue weighted by Crippen LogP contribution is 2.41. The number of piperidine rings is 1. The van der Waals surface area contributed by atoms with Crippen molar-refractivity contribution in [3.63, 3.8) is 0 Å². The monoisotopic (exact) mass is 396 g/mol. The SMILES string of the molecule is O=C1N[C@]2(CO1)C[C@@H](C(=O)N1CCC(COc3ccc(F)cc3Cl)CC1)C2. The van der Waals surface area contributed by atoms with Crippen molar-refractivity contribution in [3.05, 3.63) is 29.0 Å². The fourth-order valence-electron chi connectivity index (χ4n) is 4.15. The Hall–Kier alpha value is -2.02. The minimum absolute atomic E-state index is 0.0298. The van der Waals surface area contributed by atoms with Crippen molar-refractivity contribution in [2.45, 2.75) is 31.2 Å². The fourth-order valence-corrected chi connectivity index (χ4v) is 4.37. The number of carbonyl (C=O) groups excluding carboxylic acids is 2. The Morgan fingerprint density at radius 3 is 2.74 bits per heavy atom. The average molecular weight is 397 g/mol. The quantitative estimate of drug-likeness (QED) is 0.849. The van der Waals surface area contributed by atoms with Crippen LogP contribution in [-0.2, 0) is 9.53 Å². The maximum absolute atomic E-state index is 13.1. The van der Waals surface area contributed by atoms with Gasteiger partial charge in [0.1, 0.15) is 18.2 Å². The minimum Gasteiger partial charge on any atom is -0.492 e. The molecular formula is C19H22ClFN2O4. The van der Waals surface area contributed by atoms with Crippen LogP contribution < -0.4 is 10.1 Å². The summed E-state index contributed by atoms with van der Waals surface area (Å²) >= 11 is 5.98. The number of benzene rings is 1. The molecule has 27 heavy (non-hydrogen) atoms. The first-order valence-corrected chi connectivity index (χ1v) is 9.63. The van der Waals surface area contributed by atoms with Crippen molar-refractivity contribution in [2.75, 3.05) is 26.3 Å². The summed E-state index contributed by atoms with van der Waals surface area (Å²) < 4.78 is 23.8. The van der Waals surface area contributed by atoms with Crippen molar-refractivity contribution in [3.8, 4) is 5.75 Å². The number of rotatable bonds is 4. The first-order chi connectivity index (χ1) is 12.9. The van der Waals surface area contributed by atoms with E-state index in [1.165, 1.54) is 18.2 Å². The molecule has 1 aromatic rings. The van der Waals surface area contributed by atoms with Crippen LogP contribution in [0.4, 0.5) is 9.18 Å². The summed E-state index contributed by atoms with van der Waals surface area (Å²) in [5.74, 6) is 0.573. The van der Waals surface area contributed by atoms with Crippen LogP contribution in [0.15, 0.2) is 18.2 Å². The Balaban J connectivity index is 1.21. The lowest BCUT2D eigenvalue weighted by molar-refractivity contribution is -0.142. The van der Waals surface area contributed by atoms with E-state index in [1.54, 1.807) is 0 Å². The Kier molecular flexibility index (Phi) is 4.88. The molecule has 2 amide bonds. The number of amides is 2. The molecule has 0 bridgehead atoms. The number of halogens is 2. The second-order valence-electron chi connectivity index (χ2n) is 7.74. The molecule has 4 rings (SSSR count). The summed E-state index contributed by atoms with van der Waals surface area (Å²) in [4.78, 5) is 25.8. The Bertz CT molecular complexity index is 745. The molecule has 1 aromatic carbocycles. The van der Waals surface area contributed by atoms with E-state index >= 15 is 0 Å². The number of alkyl carbamates (subject to hydrolysis) is 1.